The Hall–Kier alpha value is -1.81. The molecule has 4 heteroatoms. The fourth-order valence-corrected chi connectivity index (χ4v) is 1.57. The van der Waals surface area contributed by atoms with Crippen LogP contribution in [0.3, 0.4) is 0 Å². The lowest BCUT2D eigenvalue weighted by atomic mass is 10.1. The third-order valence-electron chi connectivity index (χ3n) is 2.32. The van der Waals surface area contributed by atoms with Crippen molar-refractivity contribution in [2.75, 3.05) is 0 Å². The van der Waals surface area contributed by atoms with Gasteiger partial charge in [0.15, 0.2) is 0 Å². The van der Waals surface area contributed by atoms with Crippen LogP contribution in [0.4, 0.5) is 0 Å². The van der Waals surface area contributed by atoms with Gasteiger partial charge >= 0.3 is 0 Å². The van der Waals surface area contributed by atoms with Crippen molar-refractivity contribution >= 4 is 0 Å². The molecule has 2 aromatic rings. The summed E-state index contributed by atoms with van der Waals surface area (Å²) >= 11 is 0. The van der Waals surface area contributed by atoms with Crippen LogP contribution in [0.25, 0.3) is 11.3 Å². The summed E-state index contributed by atoms with van der Waals surface area (Å²) in [7, 11) is 0. The first kappa shape index (κ1) is 11.7. The van der Waals surface area contributed by atoms with E-state index in [4.69, 9.17) is 9.84 Å². The zero-order valence-corrected chi connectivity index (χ0v) is 9.97. The van der Waals surface area contributed by atoms with Crippen molar-refractivity contribution in [2.24, 2.45) is 0 Å². The Morgan fingerprint density at radius 1 is 1.29 bits per heavy atom. The molecule has 0 amide bonds. The van der Waals surface area contributed by atoms with Crippen LogP contribution < -0.4 is 4.74 Å². The molecule has 2 N–H and O–H groups in total. The molecule has 0 bridgehead atoms. The number of aromatic amines is 1. The van der Waals surface area contributed by atoms with Crippen molar-refractivity contribution in [3.8, 4) is 17.0 Å². The number of rotatable bonds is 4. The van der Waals surface area contributed by atoms with Gasteiger partial charge < -0.3 is 14.8 Å². The zero-order valence-electron chi connectivity index (χ0n) is 9.97. The third kappa shape index (κ3) is 2.85. The largest absolute Gasteiger partial charge is 0.491 e. The molecule has 0 aliphatic rings. The summed E-state index contributed by atoms with van der Waals surface area (Å²) in [4.78, 5) is 7.08. The Labute approximate surface area is 100 Å². The highest BCUT2D eigenvalue weighted by Crippen LogP contribution is 2.21. The summed E-state index contributed by atoms with van der Waals surface area (Å²) < 4.78 is 5.57. The van der Waals surface area contributed by atoms with E-state index in [1.807, 2.05) is 38.1 Å². The average molecular weight is 232 g/mol. The number of benzene rings is 1. The Morgan fingerprint density at radius 3 is 2.53 bits per heavy atom. The average Bonchev–Trinajstić information content (AvgIpc) is 2.78. The van der Waals surface area contributed by atoms with Gasteiger partial charge in [-0.15, -0.1) is 0 Å². The van der Waals surface area contributed by atoms with Crippen molar-refractivity contribution in [1.29, 1.82) is 0 Å². The normalized spacial score (nSPS) is 10.8. The Balaban J connectivity index is 2.17. The Kier molecular flexibility index (Phi) is 3.44. The number of H-pyrrole nitrogens is 1. The van der Waals surface area contributed by atoms with E-state index in [2.05, 4.69) is 9.97 Å². The predicted octanol–water partition coefficient (Wildman–Crippen LogP) is 2.36. The van der Waals surface area contributed by atoms with Crippen LogP contribution in [0.15, 0.2) is 30.5 Å². The maximum absolute atomic E-state index is 8.93. The third-order valence-corrected chi connectivity index (χ3v) is 2.32. The maximum atomic E-state index is 8.93. The number of nitrogens with zero attached hydrogens (tertiary/aromatic N) is 1. The molecule has 0 aliphatic heterocycles. The van der Waals surface area contributed by atoms with Gasteiger partial charge in [0, 0.05) is 0 Å². The second-order valence-corrected chi connectivity index (χ2v) is 4.09. The van der Waals surface area contributed by atoms with Gasteiger partial charge in [-0.05, 0) is 43.7 Å². The fourth-order valence-electron chi connectivity index (χ4n) is 1.57. The number of nitrogens with one attached hydrogen (secondary N) is 1. The van der Waals surface area contributed by atoms with Crippen LogP contribution in [0.2, 0.25) is 0 Å². The minimum absolute atomic E-state index is 0.0749. The first-order valence-electron chi connectivity index (χ1n) is 5.61. The van der Waals surface area contributed by atoms with Crippen LogP contribution in [0, 0.1) is 0 Å². The van der Waals surface area contributed by atoms with Gasteiger partial charge in [0.1, 0.15) is 18.2 Å². The quantitative estimate of drug-likeness (QED) is 0.850. The van der Waals surface area contributed by atoms with Crippen LogP contribution in [0.5, 0.6) is 5.75 Å². The summed E-state index contributed by atoms with van der Waals surface area (Å²) in [5.74, 6) is 1.42. The number of aromatic nitrogens is 2. The van der Waals surface area contributed by atoms with Crippen LogP contribution in [-0.2, 0) is 6.61 Å². The van der Waals surface area contributed by atoms with E-state index in [0.29, 0.717) is 5.82 Å². The Bertz CT molecular complexity index is 474. The van der Waals surface area contributed by atoms with E-state index in [0.717, 1.165) is 17.0 Å². The molecular formula is C13H16N2O2. The SMILES string of the molecule is CC(C)Oc1ccc(-c2cnc(CO)[nH]2)cc1. The summed E-state index contributed by atoms with van der Waals surface area (Å²) in [5, 5.41) is 8.93. The molecular weight excluding hydrogens is 216 g/mol. The van der Waals surface area contributed by atoms with E-state index in [-0.39, 0.29) is 12.7 Å². The molecule has 0 spiro atoms. The smallest absolute Gasteiger partial charge is 0.132 e. The molecule has 1 aromatic carbocycles. The van der Waals surface area contributed by atoms with Gasteiger partial charge in [0.25, 0.3) is 0 Å². The lowest BCUT2D eigenvalue weighted by Gasteiger charge is -2.09. The molecule has 0 saturated heterocycles. The van der Waals surface area contributed by atoms with Crippen LogP contribution >= 0.6 is 0 Å². The number of aliphatic hydroxyl groups is 1. The summed E-state index contributed by atoms with van der Waals surface area (Å²) in [5.41, 5.74) is 1.92. The highest BCUT2D eigenvalue weighted by molar-refractivity contribution is 5.59. The van der Waals surface area contributed by atoms with Gasteiger partial charge in [0.2, 0.25) is 0 Å². The zero-order chi connectivity index (χ0) is 12.3. The topological polar surface area (TPSA) is 58.1 Å². The van der Waals surface area contributed by atoms with Crippen molar-refractivity contribution < 1.29 is 9.84 Å². The molecule has 17 heavy (non-hydrogen) atoms. The van der Waals surface area contributed by atoms with Crippen molar-refractivity contribution in [3.05, 3.63) is 36.3 Å². The minimum Gasteiger partial charge on any atom is -0.491 e. The molecule has 0 radical (unpaired) electrons. The van der Waals surface area contributed by atoms with Gasteiger partial charge in [0.05, 0.1) is 18.0 Å². The van der Waals surface area contributed by atoms with E-state index >= 15 is 0 Å². The highest BCUT2D eigenvalue weighted by atomic mass is 16.5. The maximum Gasteiger partial charge on any atom is 0.132 e. The first-order chi connectivity index (χ1) is 8.19. The highest BCUT2D eigenvalue weighted by Gasteiger charge is 2.03. The number of imidazole rings is 1. The first-order valence-corrected chi connectivity index (χ1v) is 5.61. The van der Waals surface area contributed by atoms with Crippen molar-refractivity contribution in [3.63, 3.8) is 0 Å². The summed E-state index contributed by atoms with van der Waals surface area (Å²) in [6.45, 7) is 3.92. The monoisotopic (exact) mass is 232 g/mol. The molecule has 0 fully saturated rings. The minimum atomic E-state index is -0.0749. The summed E-state index contributed by atoms with van der Waals surface area (Å²) in [6, 6.07) is 7.78. The second-order valence-electron chi connectivity index (χ2n) is 4.09. The molecule has 0 aliphatic carbocycles. The number of hydrogen-bond acceptors (Lipinski definition) is 3. The second kappa shape index (κ2) is 5.01. The lowest BCUT2D eigenvalue weighted by molar-refractivity contribution is 0.242. The van der Waals surface area contributed by atoms with Gasteiger partial charge in [-0.1, -0.05) is 0 Å². The van der Waals surface area contributed by atoms with Crippen LogP contribution in [-0.4, -0.2) is 21.2 Å². The standard InChI is InChI=1S/C13H16N2O2/c1-9(2)17-11-5-3-10(4-6-11)12-7-14-13(8-16)15-12/h3-7,9,16H,8H2,1-2H3,(H,14,15). The molecule has 2 rings (SSSR count). The lowest BCUT2D eigenvalue weighted by Crippen LogP contribution is -2.05. The summed E-state index contributed by atoms with van der Waals surface area (Å²) in [6.07, 6.45) is 1.89. The number of ether oxygens (including phenoxy) is 1. The fraction of sp³-hybridized carbons (Fsp3) is 0.308. The molecule has 1 heterocycles. The molecule has 1 aromatic heterocycles. The van der Waals surface area contributed by atoms with E-state index in [9.17, 15) is 0 Å². The van der Waals surface area contributed by atoms with Crippen molar-refractivity contribution in [1.82, 2.24) is 9.97 Å². The number of aliphatic hydroxyl groups excluding tert-OH is 1. The van der Waals surface area contributed by atoms with Gasteiger partial charge in [-0.25, -0.2) is 4.98 Å². The molecule has 0 unspecified atom stereocenters. The molecule has 90 valence electrons. The number of hydrogen-bond donors (Lipinski definition) is 2. The van der Waals surface area contributed by atoms with E-state index in [1.54, 1.807) is 6.20 Å². The van der Waals surface area contributed by atoms with Gasteiger partial charge in [-0.3, -0.25) is 0 Å². The Morgan fingerprint density at radius 2 is 2.00 bits per heavy atom. The van der Waals surface area contributed by atoms with Crippen LogP contribution in [0.1, 0.15) is 19.7 Å². The van der Waals surface area contributed by atoms with E-state index < -0.39 is 0 Å². The van der Waals surface area contributed by atoms with Crippen molar-refractivity contribution in [2.45, 2.75) is 26.6 Å². The predicted molar refractivity (Wildman–Crippen MR) is 65.7 cm³/mol. The van der Waals surface area contributed by atoms with Gasteiger partial charge in [-0.2, -0.15) is 0 Å². The molecule has 0 saturated carbocycles. The molecule has 0 atom stereocenters. The molecule has 4 nitrogen and oxygen atoms in total. The van der Waals surface area contributed by atoms with E-state index in [1.165, 1.54) is 0 Å².